The predicted octanol–water partition coefficient (Wildman–Crippen LogP) is 4.66. The van der Waals surface area contributed by atoms with Gasteiger partial charge in [-0.1, -0.05) is 61.9 Å². The van der Waals surface area contributed by atoms with E-state index in [4.69, 9.17) is 0 Å². The van der Waals surface area contributed by atoms with Gasteiger partial charge in [0, 0.05) is 44.3 Å². The number of fused-ring (bicyclic) bond motifs is 1. The van der Waals surface area contributed by atoms with Crippen molar-refractivity contribution in [1.29, 1.82) is 0 Å². The highest BCUT2D eigenvalue weighted by Crippen LogP contribution is 2.47. The molecule has 1 fully saturated rings. The van der Waals surface area contributed by atoms with Crippen LogP contribution in [0.3, 0.4) is 0 Å². The Morgan fingerprint density at radius 2 is 1.57 bits per heavy atom. The number of carbonyl (C=O) groups is 1. The van der Waals surface area contributed by atoms with E-state index in [2.05, 4.69) is 63.1 Å². The average molecular weight is 470 g/mol. The van der Waals surface area contributed by atoms with Crippen molar-refractivity contribution < 1.29 is 4.79 Å². The van der Waals surface area contributed by atoms with E-state index in [-0.39, 0.29) is 5.91 Å². The summed E-state index contributed by atoms with van der Waals surface area (Å²) in [6.45, 7) is 7.87. The van der Waals surface area contributed by atoms with E-state index in [1.54, 1.807) is 0 Å². The van der Waals surface area contributed by atoms with Gasteiger partial charge in [0.15, 0.2) is 0 Å². The second-order valence-corrected chi connectivity index (χ2v) is 9.66. The number of carbonyl (C=O) groups excluding carboxylic acids is 1. The zero-order valence-electron chi connectivity index (χ0n) is 20.6. The number of anilines is 2. The van der Waals surface area contributed by atoms with Crippen molar-refractivity contribution in [3.05, 3.63) is 84.2 Å². The zero-order chi connectivity index (χ0) is 24.1. The molecule has 2 aliphatic rings. The topological polar surface area (TPSA) is 52.6 Å². The number of amides is 1. The van der Waals surface area contributed by atoms with Gasteiger partial charge in [-0.25, -0.2) is 9.97 Å². The molecule has 3 aromatic rings. The first-order valence-electron chi connectivity index (χ1n) is 12.9. The van der Waals surface area contributed by atoms with E-state index >= 15 is 0 Å². The lowest BCUT2D eigenvalue weighted by atomic mass is 9.75. The van der Waals surface area contributed by atoms with Crippen molar-refractivity contribution >= 4 is 17.5 Å². The minimum absolute atomic E-state index is 0.265. The van der Waals surface area contributed by atoms with Gasteiger partial charge in [-0.15, -0.1) is 0 Å². The zero-order valence-corrected chi connectivity index (χ0v) is 20.6. The van der Waals surface area contributed by atoms with Gasteiger partial charge in [0.2, 0.25) is 11.9 Å². The number of nitrogens with zero attached hydrogens (tertiary/aromatic N) is 5. The van der Waals surface area contributed by atoms with E-state index in [0.717, 1.165) is 70.0 Å². The van der Waals surface area contributed by atoms with Gasteiger partial charge in [0.05, 0.1) is 12.0 Å². The molecule has 1 unspecified atom stereocenters. The van der Waals surface area contributed by atoms with Crippen molar-refractivity contribution in [2.45, 2.75) is 44.6 Å². The van der Waals surface area contributed by atoms with Crippen LogP contribution in [-0.4, -0.2) is 53.5 Å². The van der Waals surface area contributed by atoms with Crippen LogP contribution in [-0.2, 0) is 16.8 Å². The van der Waals surface area contributed by atoms with Gasteiger partial charge >= 0.3 is 0 Å². The first-order valence-corrected chi connectivity index (χ1v) is 12.9. The Morgan fingerprint density at radius 1 is 0.857 bits per heavy atom. The molecule has 0 saturated carbocycles. The summed E-state index contributed by atoms with van der Waals surface area (Å²) in [6.07, 6.45) is 7.52. The van der Waals surface area contributed by atoms with E-state index in [1.165, 1.54) is 11.1 Å². The maximum Gasteiger partial charge on any atom is 0.238 e. The minimum atomic E-state index is -0.408. The van der Waals surface area contributed by atoms with Crippen molar-refractivity contribution in [2.24, 2.45) is 0 Å². The Labute approximate surface area is 208 Å². The molecular weight excluding hydrogens is 434 g/mol. The number of piperazine rings is 1. The van der Waals surface area contributed by atoms with Crippen LogP contribution < -0.4 is 9.80 Å². The van der Waals surface area contributed by atoms with E-state index in [1.807, 2.05) is 41.6 Å². The summed E-state index contributed by atoms with van der Waals surface area (Å²) in [4.78, 5) is 29.5. The van der Waals surface area contributed by atoms with Crippen molar-refractivity contribution in [1.82, 2.24) is 14.9 Å². The molecule has 0 bridgehead atoms. The number of benzene rings is 2. The van der Waals surface area contributed by atoms with E-state index in [0.29, 0.717) is 6.54 Å². The molecule has 6 nitrogen and oxygen atoms in total. The Bertz CT molecular complexity index is 1110. The molecule has 1 saturated heterocycles. The number of rotatable bonds is 9. The largest absolute Gasteiger partial charge is 0.338 e. The summed E-state index contributed by atoms with van der Waals surface area (Å²) in [6, 6.07) is 20.6. The number of aromatic nitrogens is 2. The molecule has 182 valence electrons. The lowest BCUT2D eigenvalue weighted by molar-refractivity contribution is -0.123. The number of hydrogen-bond donors (Lipinski definition) is 0. The molecule has 35 heavy (non-hydrogen) atoms. The lowest BCUT2D eigenvalue weighted by Crippen LogP contribution is -2.47. The quantitative estimate of drug-likeness (QED) is 0.427. The van der Waals surface area contributed by atoms with Gasteiger partial charge < -0.3 is 9.80 Å². The second-order valence-electron chi connectivity index (χ2n) is 9.66. The van der Waals surface area contributed by atoms with E-state index < -0.39 is 5.41 Å². The molecule has 2 aliphatic heterocycles. The molecule has 1 atom stereocenters. The third-order valence-electron chi connectivity index (χ3n) is 7.69. The fourth-order valence-electron chi connectivity index (χ4n) is 5.67. The molecule has 0 radical (unpaired) electrons. The maximum absolute atomic E-state index is 13.9. The van der Waals surface area contributed by atoms with Gasteiger partial charge in [-0.05, 0) is 49.1 Å². The highest BCUT2D eigenvalue weighted by Gasteiger charge is 2.48. The summed E-state index contributed by atoms with van der Waals surface area (Å²) < 4.78 is 0. The molecule has 0 aliphatic carbocycles. The Hall–Kier alpha value is -3.25. The smallest absolute Gasteiger partial charge is 0.238 e. The molecule has 2 aromatic carbocycles. The summed E-state index contributed by atoms with van der Waals surface area (Å²) in [5.74, 6) is 1.09. The van der Waals surface area contributed by atoms with Crippen LogP contribution >= 0.6 is 0 Å². The van der Waals surface area contributed by atoms with Crippen LogP contribution in [0.4, 0.5) is 11.6 Å². The first-order chi connectivity index (χ1) is 17.2. The molecule has 0 spiro atoms. The summed E-state index contributed by atoms with van der Waals surface area (Å²) in [7, 11) is 0. The van der Waals surface area contributed by atoms with Crippen LogP contribution in [0.15, 0.2) is 73.1 Å². The maximum atomic E-state index is 13.9. The Balaban J connectivity index is 1.19. The third-order valence-corrected chi connectivity index (χ3v) is 7.69. The Morgan fingerprint density at radius 3 is 2.31 bits per heavy atom. The van der Waals surface area contributed by atoms with Crippen molar-refractivity contribution in [3.8, 4) is 0 Å². The van der Waals surface area contributed by atoms with Gasteiger partial charge in [-0.3, -0.25) is 9.69 Å². The molecular formula is C29H35N5O. The lowest BCUT2D eigenvalue weighted by Gasteiger charge is -2.35. The summed E-state index contributed by atoms with van der Waals surface area (Å²) in [5.41, 5.74) is 3.05. The number of hydrogen-bond acceptors (Lipinski definition) is 5. The monoisotopic (exact) mass is 469 g/mol. The molecule has 1 amide bonds. The molecule has 3 heterocycles. The number of para-hydroxylation sites is 1. The van der Waals surface area contributed by atoms with Crippen LogP contribution in [0.1, 0.15) is 43.7 Å². The normalized spacial score (nSPS) is 20.3. The highest BCUT2D eigenvalue weighted by atomic mass is 16.2. The SMILES string of the molecule is CCC1(CCCCN2CCN(c3ncccn3)CC2)C(=O)N(Cc2ccccc2)c2ccccc21. The first kappa shape index (κ1) is 23.5. The minimum Gasteiger partial charge on any atom is -0.338 e. The van der Waals surface area contributed by atoms with Gasteiger partial charge in [0.1, 0.15) is 0 Å². The molecule has 0 N–H and O–H groups in total. The molecule has 5 rings (SSSR count). The van der Waals surface area contributed by atoms with Crippen LogP contribution in [0, 0.1) is 0 Å². The van der Waals surface area contributed by atoms with Crippen molar-refractivity contribution in [3.63, 3.8) is 0 Å². The fraction of sp³-hybridized carbons (Fsp3) is 0.414. The Kier molecular flexibility index (Phi) is 7.09. The second kappa shape index (κ2) is 10.6. The van der Waals surface area contributed by atoms with Gasteiger partial charge in [-0.2, -0.15) is 0 Å². The summed E-state index contributed by atoms with van der Waals surface area (Å²) >= 11 is 0. The predicted molar refractivity (Wildman–Crippen MR) is 141 cm³/mol. The average Bonchev–Trinajstić information content (AvgIpc) is 3.15. The highest BCUT2D eigenvalue weighted by molar-refractivity contribution is 6.08. The van der Waals surface area contributed by atoms with Crippen LogP contribution in [0.5, 0.6) is 0 Å². The third kappa shape index (κ3) is 4.80. The fourth-order valence-corrected chi connectivity index (χ4v) is 5.67. The molecule has 1 aromatic heterocycles. The standard InChI is InChI=1S/C29H35N5O/c1-2-29(15-8-9-18-32-19-21-33(22-20-32)28-30-16-10-17-31-28)25-13-6-7-14-26(25)34(27(29)35)23-24-11-4-3-5-12-24/h3-7,10-14,16-17H,2,8-9,15,18-23H2,1H3. The van der Waals surface area contributed by atoms with Crippen molar-refractivity contribution in [2.75, 3.05) is 42.5 Å². The van der Waals surface area contributed by atoms with Crippen LogP contribution in [0.25, 0.3) is 0 Å². The number of unbranched alkanes of at least 4 members (excludes halogenated alkanes) is 1. The molecule has 6 heteroatoms. The van der Waals surface area contributed by atoms with Gasteiger partial charge in [0.25, 0.3) is 0 Å². The summed E-state index contributed by atoms with van der Waals surface area (Å²) in [5, 5.41) is 0. The van der Waals surface area contributed by atoms with E-state index in [9.17, 15) is 4.79 Å². The van der Waals surface area contributed by atoms with Crippen LogP contribution in [0.2, 0.25) is 0 Å².